The fraction of sp³-hybridized carbons (Fsp3) is 0.273. The quantitative estimate of drug-likeness (QED) is 0.692. The Labute approximate surface area is 82.3 Å². The first kappa shape index (κ1) is 9.24. The normalized spacial score (nSPS) is 25.0. The van der Waals surface area contributed by atoms with Crippen molar-refractivity contribution in [2.45, 2.75) is 12.2 Å². The van der Waals surface area contributed by atoms with Gasteiger partial charge >= 0.3 is 0 Å². The third kappa shape index (κ3) is 1.64. The molecule has 2 N–H and O–H groups in total. The number of fused-ring (bicyclic) bond motifs is 1. The van der Waals surface area contributed by atoms with Gasteiger partial charge in [-0.05, 0) is 6.07 Å². The van der Waals surface area contributed by atoms with Crippen LogP contribution in [0.5, 0.6) is 5.75 Å². The van der Waals surface area contributed by atoms with Gasteiger partial charge in [-0.3, -0.25) is 0 Å². The SMILES string of the molecule is OCC1Oc2ccccc2C=CC1O. The van der Waals surface area contributed by atoms with Crippen LogP contribution in [0, 0.1) is 0 Å². The van der Waals surface area contributed by atoms with E-state index in [1.54, 1.807) is 12.2 Å². The van der Waals surface area contributed by atoms with Gasteiger partial charge in [-0.15, -0.1) is 0 Å². The molecule has 1 aliphatic rings. The Kier molecular flexibility index (Phi) is 2.52. The van der Waals surface area contributed by atoms with Crippen molar-refractivity contribution in [3.05, 3.63) is 35.9 Å². The van der Waals surface area contributed by atoms with Crippen molar-refractivity contribution in [3.8, 4) is 5.75 Å². The van der Waals surface area contributed by atoms with Gasteiger partial charge in [0.2, 0.25) is 0 Å². The van der Waals surface area contributed by atoms with Gasteiger partial charge < -0.3 is 14.9 Å². The minimum absolute atomic E-state index is 0.195. The second-order valence-corrected chi connectivity index (χ2v) is 3.23. The maximum Gasteiger partial charge on any atom is 0.151 e. The molecule has 0 aromatic heterocycles. The van der Waals surface area contributed by atoms with E-state index >= 15 is 0 Å². The van der Waals surface area contributed by atoms with E-state index in [1.165, 1.54) is 0 Å². The molecular weight excluding hydrogens is 180 g/mol. The number of benzene rings is 1. The lowest BCUT2D eigenvalue weighted by atomic mass is 10.1. The van der Waals surface area contributed by atoms with E-state index in [2.05, 4.69) is 0 Å². The summed E-state index contributed by atoms with van der Waals surface area (Å²) in [6.45, 7) is -0.195. The topological polar surface area (TPSA) is 49.7 Å². The van der Waals surface area contributed by atoms with Crippen molar-refractivity contribution in [2.24, 2.45) is 0 Å². The Morgan fingerprint density at radius 1 is 1.29 bits per heavy atom. The first-order chi connectivity index (χ1) is 6.81. The van der Waals surface area contributed by atoms with Gasteiger partial charge in [0.1, 0.15) is 11.9 Å². The molecule has 74 valence electrons. The lowest BCUT2D eigenvalue weighted by molar-refractivity contribution is 0.0279. The summed E-state index contributed by atoms with van der Waals surface area (Å²) in [5.74, 6) is 0.694. The molecule has 1 heterocycles. The summed E-state index contributed by atoms with van der Waals surface area (Å²) < 4.78 is 5.46. The zero-order valence-electron chi connectivity index (χ0n) is 7.63. The van der Waals surface area contributed by atoms with E-state index in [0.29, 0.717) is 5.75 Å². The lowest BCUT2D eigenvalue weighted by Gasteiger charge is -2.18. The predicted octanol–water partition coefficient (Wildman–Crippen LogP) is 0.814. The van der Waals surface area contributed by atoms with Crippen LogP contribution in [-0.4, -0.2) is 29.0 Å². The van der Waals surface area contributed by atoms with Crippen LogP contribution < -0.4 is 4.74 Å². The fourth-order valence-electron chi connectivity index (χ4n) is 1.43. The van der Waals surface area contributed by atoms with Crippen molar-refractivity contribution < 1.29 is 14.9 Å². The number of ether oxygens (including phenoxy) is 1. The molecule has 0 bridgehead atoms. The number of hydrogen-bond donors (Lipinski definition) is 2. The number of para-hydroxylation sites is 1. The summed E-state index contributed by atoms with van der Waals surface area (Å²) in [6.07, 6.45) is 2.10. The van der Waals surface area contributed by atoms with Crippen LogP contribution in [0.1, 0.15) is 5.56 Å². The molecule has 2 unspecified atom stereocenters. The molecule has 14 heavy (non-hydrogen) atoms. The van der Waals surface area contributed by atoms with E-state index in [4.69, 9.17) is 9.84 Å². The smallest absolute Gasteiger partial charge is 0.151 e. The highest BCUT2D eigenvalue weighted by Gasteiger charge is 2.21. The van der Waals surface area contributed by atoms with Gasteiger partial charge in [0, 0.05) is 5.56 Å². The molecule has 0 saturated heterocycles. The van der Waals surface area contributed by atoms with E-state index in [1.807, 2.05) is 24.3 Å². The zero-order valence-corrected chi connectivity index (χ0v) is 7.63. The molecule has 3 heteroatoms. The molecule has 3 nitrogen and oxygen atoms in total. The zero-order chi connectivity index (χ0) is 9.97. The molecule has 2 atom stereocenters. The van der Waals surface area contributed by atoms with Crippen LogP contribution >= 0.6 is 0 Å². The van der Waals surface area contributed by atoms with Gasteiger partial charge in [0.15, 0.2) is 6.10 Å². The van der Waals surface area contributed by atoms with Crippen LogP contribution in [0.2, 0.25) is 0 Å². The third-order valence-corrected chi connectivity index (χ3v) is 2.23. The molecular formula is C11H12O3. The van der Waals surface area contributed by atoms with Crippen LogP contribution in [0.15, 0.2) is 30.3 Å². The second-order valence-electron chi connectivity index (χ2n) is 3.23. The first-order valence-corrected chi connectivity index (χ1v) is 4.54. The maximum absolute atomic E-state index is 9.55. The minimum Gasteiger partial charge on any atom is -0.484 e. The number of rotatable bonds is 1. The summed E-state index contributed by atoms with van der Waals surface area (Å²) in [7, 11) is 0. The molecule has 0 amide bonds. The fourth-order valence-corrected chi connectivity index (χ4v) is 1.43. The summed E-state index contributed by atoms with van der Waals surface area (Å²) in [4.78, 5) is 0. The Hall–Kier alpha value is -1.32. The van der Waals surface area contributed by atoms with E-state index in [0.717, 1.165) is 5.56 Å². The second kappa shape index (κ2) is 3.82. The summed E-state index contributed by atoms with van der Waals surface area (Å²) in [5.41, 5.74) is 0.919. The van der Waals surface area contributed by atoms with Crippen LogP contribution in [0.4, 0.5) is 0 Å². The van der Waals surface area contributed by atoms with Crippen molar-refractivity contribution in [1.29, 1.82) is 0 Å². The van der Waals surface area contributed by atoms with Gasteiger partial charge in [-0.1, -0.05) is 30.4 Å². The molecule has 0 saturated carbocycles. The third-order valence-electron chi connectivity index (χ3n) is 2.23. The summed E-state index contributed by atoms with van der Waals surface area (Å²) >= 11 is 0. The molecule has 0 fully saturated rings. The van der Waals surface area contributed by atoms with Gasteiger partial charge in [0.25, 0.3) is 0 Å². The predicted molar refractivity (Wildman–Crippen MR) is 53.0 cm³/mol. The van der Waals surface area contributed by atoms with E-state index in [-0.39, 0.29) is 6.61 Å². The molecule has 0 radical (unpaired) electrons. The summed E-state index contributed by atoms with van der Waals surface area (Å²) in [5, 5.41) is 18.5. The molecule has 1 aliphatic heterocycles. The van der Waals surface area contributed by atoms with Crippen LogP contribution in [0.3, 0.4) is 0 Å². The van der Waals surface area contributed by atoms with Crippen LogP contribution in [-0.2, 0) is 0 Å². The number of hydrogen-bond acceptors (Lipinski definition) is 3. The van der Waals surface area contributed by atoms with E-state index in [9.17, 15) is 5.11 Å². The Balaban J connectivity index is 2.35. The average Bonchev–Trinajstić information content (AvgIpc) is 2.38. The minimum atomic E-state index is -0.757. The van der Waals surface area contributed by atoms with Gasteiger partial charge in [-0.2, -0.15) is 0 Å². The van der Waals surface area contributed by atoms with Crippen molar-refractivity contribution >= 4 is 6.08 Å². The summed E-state index contributed by atoms with van der Waals surface area (Å²) in [6, 6.07) is 7.48. The van der Waals surface area contributed by atoms with Gasteiger partial charge in [0.05, 0.1) is 6.61 Å². The Morgan fingerprint density at radius 3 is 2.86 bits per heavy atom. The molecule has 0 aliphatic carbocycles. The number of aliphatic hydroxyl groups excluding tert-OH is 2. The van der Waals surface area contributed by atoms with Crippen LogP contribution in [0.25, 0.3) is 6.08 Å². The molecule has 1 aromatic carbocycles. The highest BCUT2D eigenvalue weighted by atomic mass is 16.5. The number of aliphatic hydroxyl groups is 2. The molecule has 0 spiro atoms. The van der Waals surface area contributed by atoms with Crippen molar-refractivity contribution in [3.63, 3.8) is 0 Å². The highest BCUT2D eigenvalue weighted by Crippen LogP contribution is 2.24. The Bertz CT molecular complexity index is 346. The lowest BCUT2D eigenvalue weighted by Crippen LogP contribution is -2.32. The standard InChI is InChI=1S/C11H12O3/c12-7-11-9(13)6-5-8-3-1-2-4-10(8)14-11/h1-6,9,11-13H,7H2. The average molecular weight is 192 g/mol. The van der Waals surface area contributed by atoms with Gasteiger partial charge in [-0.25, -0.2) is 0 Å². The van der Waals surface area contributed by atoms with Crippen molar-refractivity contribution in [2.75, 3.05) is 6.61 Å². The monoisotopic (exact) mass is 192 g/mol. The Morgan fingerprint density at radius 2 is 2.07 bits per heavy atom. The molecule has 2 rings (SSSR count). The maximum atomic E-state index is 9.55. The largest absolute Gasteiger partial charge is 0.484 e. The van der Waals surface area contributed by atoms with E-state index < -0.39 is 12.2 Å². The molecule has 1 aromatic rings. The van der Waals surface area contributed by atoms with Crippen molar-refractivity contribution in [1.82, 2.24) is 0 Å². The highest BCUT2D eigenvalue weighted by molar-refractivity contribution is 5.58. The first-order valence-electron chi connectivity index (χ1n) is 4.54.